The van der Waals surface area contributed by atoms with Crippen LogP contribution in [0.5, 0.6) is 0 Å². The van der Waals surface area contributed by atoms with Gasteiger partial charge in [-0.25, -0.2) is 0 Å². The molecule has 0 aromatic heterocycles. The van der Waals surface area contributed by atoms with Crippen LogP contribution >= 0.6 is 23.2 Å². The third-order valence-electron chi connectivity index (χ3n) is 3.72. The average molecular weight is 327 g/mol. The Morgan fingerprint density at radius 2 is 1.86 bits per heavy atom. The van der Waals surface area contributed by atoms with E-state index in [1.165, 1.54) is 0 Å². The van der Waals surface area contributed by atoms with Crippen LogP contribution in [0, 0.1) is 5.92 Å². The standard InChI is InChI=1S/C15H16Cl2N2O2/c1-9(11-3-2-4-12(16)13(11)17)15(21)19-7-5-10(6-8-19)14(18)20/h2-4,10H,1,5-8H2,(H2,18,20). The van der Waals surface area contributed by atoms with E-state index < -0.39 is 0 Å². The van der Waals surface area contributed by atoms with E-state index in [1.54, 1.807) is 23.1 Å². The van der Waals surface area contributed by atoms with Crippen molar-refractivity contribution in [2.75, 3.05) is 13.1 Å². The number of hydrogen-bond donors (Lipinski definition) is 1. The highest BCUT2D eigenvalue weighted by molar-refractivity contribution is 6.44. The summed E-state index contributed by atoms with van der Waals surface area (Å²) in [5.41, 5.74) is 6.12. The summed E-state index contributed by atoms with van der Waals surface area (Å²) < 4.78 is 0. The molecule has 1 heterocycles. The van der Waals surface area contributed by atoms with Crippen LogP contribution in [0.4, 0.5) is 0 Å². The molecule has 0 aliphatic carbocycles. The third-order valence-corrected chi connectivity index (χ3v) is 4.54. The van der Waals surface area contributed by atoms with Crippen molar-refractivity contribution in [3.63, 3.8) is 0 Å². The number of likely N-dealkylation sites (tertiary alicyclic amines) is 1. The first kappa shape index (κ1) is 15.9. The van der Waals surface area contributed by atoms with Crippen molar-refractivity contribution in [2.24, 2.45) is 11.7 Å². The van der Waals surface area contributed by atoms with Crippen LogP contribution in [0.2, 0.25) is 10.0 Å². The van der Waals surface area contributed by atoms with E-state index in [9.17, 15) is 9.59 Å². The Balaban J connectivity index is 2.09. The van der Waals surface area contributed by atoms with Crippen LogP contribution in [-0.2, 0) is 9.59 Å². The molecular weight excluding hydrogens is 311 g/mol. The van der Waals surface area contributed by atoms with Crippen LogP contribution < -0.4 is 5.73 Å². The number of primary amides is 1. The molecule has 0 unspecified atom stereocenters. The van der Waals surface area contributed by atoms with E-state index >= 15 is 0 Å². The zero-order valence-corrected chi connectivity index (χ0v) is 13.0. The number of nitrogens with two attached hydrogens (primary N) is 1. The first-order chi connectivity index (χ1) is 9.91. The molecule has 1 aromatic rings. The molecular formula is C15H16Cl2N2O2. The lowest BCUT2D eigenvalue weighted by Gasteiger charge is -2.31. The fourth-order valence-electron chi connectivity index (χ4n) is 2.41. The molecule has 21 heavy (non-hydrogen) atoms. The second kappa shape index (κ2) is 6.50. The number of carbonyl (C=O) groups is 2. The number of carbonyl (C=O) groups excluding carboxylic acids is 2. The highest BCUT2D eigenvalue weighted by Gasteiger charge is 2.27. The molecule has 2 rings (SSSR count). The summed E-state index contributed by atoms with van der Waals surface area (Å²) in [6.07, 6.45) is 1.16. The first-order valence-corrected chi connectivity index (χ1v) is 7.39. The zero-order chi connectivity index (χ0) is 15.6. The maximum absolute atomic E-state index is 12.4. The van der Waals surface area contributed by atoms with E-state index in [4.69, 9.17) is 28.9 Å². The van der Waals surface area contributed by atoms with E-state index in [0.717, 1.165) is 0 Å². The quantitative estimate of drug-likeness (QED) is 0.868. The van der Waals surface area contributed by atoms with E-state index in [-0.39, 0.29) is 17.7 Å². The monoisotopic (exact) mass is 326 g/mol. The normalized spacial score (nSPS) is 15.8. The summed E-state index contributed by atoms with van der Waals surface area (Å²) in [4.78, 5) is 25.3. The van der Waals surface area contributed by atoms with Crippen molar-refractivity contribution in [1.29, 1.82) is 0 Å². The van der Waals surface area contributed by atoms with Gasteiger partial charge >= 0.3 is 0 Å². The first-order valence-electron chi connectivity index (χ1n) is 6.63. The molecule has 0 saturated carbocycles. The van der Waals surface area contributed by atoms with Crippen molar-refractivity contribution in [3.05, 3.63) is 40.4 Å². The molecule has 0 atom stereocenters. The van der Waals surface area contributed by atoms with Gasteiger partial charge in [0.15, 0.2) is 0 Å². The minimum absolute atomic E-state index is 0.155. The molecule has 0 radical (unpaired) electrons. The van der Waals surface area contributed by atoms with E-state index in [0.29, 0.717) is 47.1 Å². The van der Waals surface area contributed by atoms with Gasteiger partial charge in [0.1, 0.15) is 0 Å². The largest absolute Gasteiger partial charge is 0.369 e. The zero-order valence-electron chi connectivity index (χ0n) is 11.4. The highest BCUT2D eigenvalue weighted by atomic mass is 35.5. The van der Waals surface area contributed by atoms with Gasteiger partial charge in [0.05, 0.1) is 10.0 Å². The summed E-state index contributed by atoms with van der Waals surface area (Å²) in [5, 5.41) is 0.708. The SMILES string of the molecule is C=C(C(=O)N1CCC(C(N)=O)CC1)c1cccc(Cl)c1Cl. The number of piperidine rings is 1. The smallest absolute Gasteiger partial charge is 0.253 e. The molecule has 0 spiro atoms. The Morgan fingerprint density at radius 3 is 2.43 bits per heavy atom. The Hall–Kier alpha value is -1.52. The van der Waals surface area contributed by atoms with Crippen molar-refractivity contribution < 1.29 is 9.59 Å². The molecule has 2 amide bonds. The van der Waals surface area contributed by atoms with Gasteiger partial charge in [0.2, 0.25) is 5.91 Å². The molecule has 1 saturated heterocycles. The predicted molar refractivity (Wildman–Crippen MR) is 84.0 cm³/mol. The highest BCUT2D eigenvalue weighted by Crippen LogP contribution is 2.31. The van der Waals surface area contributed by atoms with Gasteiger partial charge < -0.3 is 10.6 Å². The topological polar surface area (TPSA) is 63.4 Å². The fourth-order valence-corrected chi connectivity index (χ4v) is 2.82. The number of benzene rings is 1. The Bertz CT molecular complexity index is 593. The second-order valence-corrected chi connectivity index (χ2v) is 5.83. The number of hydrogen-bond acceptors (Lipinski definition) is 2. The second-order valence-electron chi connectivity index (χ2n) is 5.05. The maximum atomic E-state index is 12.4. The maximum Gasteiger partial charge on any atom is 0.253 e. The molecule has 4 nitrogen and oxygen atoms in total. The predicted octanol–water partition coefficient (Wildman–Crippen LogP) is 2.73. The number of nitrogens with zero attached hydrogens (tertiary/aromatic N) is 1. The van der Waals surface area contributed by atoms with Crippen LogP contribution in [0.15, 0.2) is 24.8 Å². The summed E-state index contributed by atoms with van der Waals surface area (Å²) in [6, 6.07) is 5.09. The Morgan fingerprint density at radius 1 is 1.24 bits per heavy atom. The van der Waals surface area contributed by atoms with Gasteiger partial charge in [-0.15, -0.1) is 0 Å². The van der Waals surface area contributed by atoms with Crippen LogP contribution in [-0.4, -0.2) is 29.8 Å². The molecule has 1 aromatic carbocycles. The summed E-state index contributed by atoms with van der Waals surface area (Å²) in [7, 11) is 0. The summed E-state index contributed by atoms with van der Waals surface area (Å²) >= 11 is 12.1. The lowest BCUT2D eigenvalue weighted by molar-refractivity contribution is -0.130. The molecule has 1 aliphatic heterocycles. The fraction of sp³-hybridized carbons (Fsp3) is 0.333. The molecule has 1 aliphatic rings. The Kier molecular flexibility index (Phi) is 4.91. The molecule has 0 bridgehead atoms. The van der Waals surface area contributed by atoms with Gasteiger partial charge in [0, 0.05) is 30.1 Å². The van der Waals surface area contributed by atoms with E-state index in [1.807, 2.05) is 0 Å². The lowest BCUT2D eigenvalue weighted by Crippen LogP contribution is -2.41. The summed E-state index contributed by atoms with van der Waals surface area (Å²) in [5.74, 6) is -0.655. The van der Waals surface area contributed by atoms with Crippen molar-refractivity contribution in [2.45, 2.75) is 12.8 Å². The average Bonchev–Trinajstić information content (AvgIpc) is 2.48. The van der Waals surface area contributed by atoms with Crippen LogP contribution in [0.25, 0.3) is 5.57 Å². The number of rotatable bonds is 3. The third kappa shape index (κ3) is 3.39. The van der Waals surface area contributed by atoms with Gasteiger partial charge in [-0.05, 0) is 18.9 Å². The number of halogens is 2. The Labute approximate surface area is 133 Å². The van der Waals surface area contributed by atoms with Gasteiger partial charge in [-0.3, -0.25) is 9.59 Å². The molecule has 1 fully saturated rings. The van der Waals surface area contributed by atoms with Crippen molar-refractivity contribution >= 4 is 40.6 Å². The molecule has 112 valence electrons. The summed E-state index contributed by atoms with van der Waals surface area (Å²) in [6.45, 7) is 4.81. The van der Waals surface area contributed by atoms with Crippen molar-refractivity contribution in [3.8, 4) is 0 Å². The van der Waals surface area contributed by atoms with Gasteiger partial charge in [-0.1, -0.05) is 41.9 Å². The van der Waals surface area contributed by atoms with Gasteiger partial charge in [0.25, 0.3) is 5.91 Å². The minimum Gasteiger partial charge on any atom is -0.369 e. The van der Waals surface area contributed by atoms with E-state index in [2.05, 4.69) is 6.58 Å². The van der Waals surface area contributed by atoms with Crippen LogP contribution in [0.3, 0.4) is 0 Å². The molecule has 2 N–H and O–H groups in total. The minimum atomic E-state index is -0.307. The number of amides is 2. The van der Waals surface area contributed by atoms with Crippen molar-refractivity contribution in [1.82, 2.24) is 4.90 Å². The molecule has 6 heteroatoms. The lowest BCUT2D eigenvalue weighted by atomic mass is 9.95. The van der Waals surface area contributed by atoms with Gasteiger partial charge in [-0.2, -0.15) is 0 Å². The van der Waals surface area contributed by atoms with Crippen LogP contribution in [0.1, 0.15) is 18.4 Å².